The fourth-order valence-corrected chi connectivity index (χ4v) is 2.15. The van der Waals surface area contributed by atoms with Crippen LogP contribution in [0, 0.1) is 6.92 Å². The standard InChI is InChI=1S/C13H12NS/c1-2-3-4-5-10-13-14-11-8-6-7-9-12(11)15-13/h3-10H,1-2H2. The van der Waals surface area contributed by atoms with E-state index < -0.39 is 0 Å². The maximum absolute atomic E-state index is 4.49. The van der Waals surface area contributed by atoms with E-state index in [1.807, 2.05) is 42.5 Å². The summed E-state index contributed by atoms with van der Waals surface area (Å²) in [6.07, 6.45) is 8.87. The first kappa shape index (κ1) is 10.1. The third-order valence-corrected chi connectivity index (χ3v) is 2.96. The molecule has 0 atom stereocenters. The summed E-state index contributed by atoms with van der Waals surface area (Å²) in [6.45, 7) is 3.73. The van der Waals surface area contributed by atoms with E-state index in [9.17, 15) is 0 Å². The highest BCUT2D eigenvalue weighted by atomic mass is 32.1. The topological polar surface area (TPSA) is 12.9 Å². The quantitative estimate of drug-likeness (QED) is 0.701. The minimum Gasteiger partial charge on any atom is -0.237 e. The van der Waals surface area contributed by atoms with Gasteiger partial charge in [0, 0.05) is 0 Å². The van der Waals surface area contributed by atoms with Gasteiger partial charge in [-0.15, -0.1) is 11.3 Å². The molecule has 75 valence electrons. The van der Waals surface area contributed by atoms with Crippen molar-refractivity contribution in [1.29, 1.82) is 0 Å². The van der Waals surface area contributed by atoms with Gasteiger partial charge in [0.05, 0.1) is 10.2 Å². The van der Waals surface area contributed by atoms with E-state index in [2.05, 4.69) is 18.0 Å². The molecule has 0 spiro atoms. The molecule has 2 aromatic rings. The SMILES string of the molecule is [CH2]CC=CC=Cc1nc2ccccc2s1. The largest absolute Gasteiger partial charge is 0.237 e. The molecule has 0 saturated heterocycles. The summed E-state index contributed by atoms with van der Waals surface area (Å²) in [5, 5.41) is 1.05. The summed E-state index contributed by atoms with van der Waals surface area (Å²) < 4.78 is 1.23. The molecule has 2 heteroatoms. The van der Waals surface area contributed by atoms with Gasteiger partial charge in [-0.1, -0.05) is 30.4 Å². The molecule has 2 rings (SSSR count). The third-order valence-electron chi connectivity index (χ3n) is 1.96. The summed E-state index contributed by atoms with van der Waals surface area (Å²) in [5.41, 5.74) is 1.07. The van der Waals surface area contributed by atoms with Crippen LogP contribution in [0.1, 0.15) is 11.4 Å². The lowest BCUT2D eigenvalue weighted by Crippen LogP contribution is -1.67. The molecule has 1 radical (unpaired) electrons. The Kier molecular flexibility index (Phi) is 3.30. The van der Waals surface area contributed by atoms with Gasteiger partial charge in [-0.25, -0.2) is 4.98 Å². The van der Waals surface area contributed by atoms with Crippen molar-refractivity contribution >= 4 is 27.6 Å². The zero-order valence-corrected chi connectivity index (χ0v) is 9.20. The normalized spacial score (nSPS) is 12.1. The molecule has 0 bridgehead atoms. The molecule has 0 amide bonds. The molecular weight excluding hydrogens is 202 g/mol. The summed E-state index contributed by atoms with van der Waals surface area (Å²) in [7, 11) is 0. The van der Waals surface area contributed by atoms with Crippen LogP contribution in [-0.4, -0.2) is 4.98 Å². The lowest BCUT2D eigenvalue weighted by Gasteiger charge is -1.80. The molecule has 0 N–H and O–H groups in total. The second kappa shape index (κ2) is 4.89. The first-order chi connectivity index (χ1) is 7.40. The van der Waals surface area contributed by atoms with Gasteiger partial charge in [0.2, 0.25) is 0 Å². The number of rotatable bonds is 3. The molecule has 1 aromatic carbocycles. The lowest BCUT2D eigenvalue weighted by molar-refractivity contribution is 1.40. The van der Waals surface area contributed by atoms with E-state index in [1.54, 1.807) is 11.3 Å². The van der Waals surface area contributed by atoms with Crippen molar-refractivity contribution in [2.75, 3.05) is 0 Å². The first-order valence-corrected chi connectivity index (χ1v) is 5.70. The number of allylic oxidation sites excluding steroid dienone is 3. The molecule has 0 aliphatic rings. The molecule has 15 heavy (non-hydrogen) atoms. The second-order valence-electron chi connectivity index (χ2n) is 3.10. The summed E-state index contributed by atoms with van der Waals surface area (Å²) in [6, 6.07) is 8.18. The number of thiazole rings is 1. The van der Waals surface area contributed by atoms with Gasteiger partial charge < -0.3 is 0 Å². The number of benzene rings is 1. The minimum absolute atomic E-state index is 0.824. The molecule has 0 aliphatic carbocycles. The molecule has 0 fully saturated rings. The number of para-hydroxylation sites is 1. The highest BCUT2D eigenvalue weighted by Crippen LogP contribution is 2.22. The fraction of sp³-hybridized carbons (Fsp3) is 0.0769. The van der Waals surface area contributed by atoms with Gasteiger partial charge in [0.25, 0.3) is 0 Å². The Morgan fingerprint density at radius 1 is 1.27 bits per heavy atom. The Bertz CT molecular complexity index is 461. The Balaban J connectivity index is 2.22. The number of nitrogens with zero attached hydrogens (tertiary/aromatic N) is 1. The van der Waals surface area contributed by atoms with Crippen LogP contribution in [0.5, 0.6) is 0 Å². The van der Waals surface area contributed by atoms with Crippen LogP contribution >= 0.6 is 11.3 Å². The predicted molar refractivity (Wildman–Crippen MR) is 67.8 cm³/mol. The monoisotopic (exact) mass is 214 g/mol. The van der Waals surface area contributed by atoms with Gasteiger partial charge in [-0.05, 0) is 31.6 Å². The number of aromatic nitrogens is 1. The van der Waals surface area contributed by atoms with Crippen molar-refractivity contribution < 1.29 is 0 Å². The summed E-state index contributed by atoms with van der Waals surface area (Å²) in [5.74, 6) is 0. The zero-order valence-electron chi connectivity index (χ0n) is 8.39. The molecule has 0 aliphatic heterocycles. The van der Waals surface area contributed by atoms with Crippen LogP contribution in [0.2, 0.25) is 0 Å². The van der Waals surface area contributed by atoms with Crippen molar-refractivity contribution in [2.24, 2.45) is 0 Å². The van der Waals surface area contributed by atoms with Crippen LogP contribution in [0.15, 0.2) is 42.5 Å². The van der Waals surface area contributed by atoms with Crippen LogP contribution in [-0.2, 0) is 0 Å². The highest BCUT2D eigenvalue weighted by molar-refractivity contribution is 7.19. The van der Waals surface area contributed by atoms with Crippen LogP contribution in [0.4, 0.5) is 0 Å². The van der Waals surface area contributed by atoms with E-state index in [-0.39, 0.29) is 0 Å². The van der Waals surface area contributed by atoms with Crippen LogP contribution in [0.25, 0.3) is 16.3 Å². The maximum atomic E-state index is 4.49. The van der Waals surface area contributed by atoms with Crippen molar-refractivity contribution in [2.45, 2.75) is 6.42 Å². The van der Waals surface area contributed by atoms with Crippen molar-refractivity contribution in [3.05, 3.63) is 54.4 Å². The van der Waals surface area contributed by atoms with E-state index in [0.29, 0.717) is 0 Å². The van der Waals surface area contributed by atoms with E-state index in [1.165, 1.54) is 4.70 Å². The van der Waals surface area contributed by atoms with E-state index in [0.717, 1.165) is 16.9 Å². The Morgan fingerprint density at radius 3 is 2.93 bits per heavy atom. The van der Waals surface area contributed by atoms with Gasteiger partial charge in [0.15, 0.2) is 0 Å². The predicted octanol–water partition coefficient (Wildman–Crippen LogP) is 4.09. The maximum Gasteiger partial charge on any atom is 0.117 e. The van der Waals surface area contributed by atoms with E-state index in [4.69, 9.17) is 0 Å². The first-order valence-electron chi connectivity index (χ1n) is 4.88. The highest BCUT2D eigenvalue weighted by Gasteiger charge is 1.97. The number of hydrogen-bond donors (Lipinski definition) is 0. The second-order valence-corrected chi connectivity index (χ2v) is 4.16. The smallest absolute Gasteiger partial charge is 0.117 e. The molecule has 1 heterocycles. The number of fused-ring (bicyclic) bond motifs is 1. The van der Waals surface area contributed by atoms with Gasteiger partial charge in [0.1, 0.15) is 5.01 Å². The van der Waals surface area contributed by atoms with Crippen molar-refractivity contribution in [3.63, 3.8) is 0 Å². The molecule has 1 nitrogen and oxygen atoms in total. The van der Waals surface area contributed by atoms with Crippen molar-refractivity contribution in [3.8, 4) is 0 Å². The summed E-state index contributed by atoms with van der Waals surface area (Å²) in [4.78, 5) is 4.49. The average molecular weight is 214 g/mol. The third kappa shape index (κ3) is 2.54. The minimum atomic E-state index is 0.824. The lowest BCUT2D eigenvalue weighted by atomic mass is 10.3. The summed E-state index contributed by atoms with van der Waals surface area (Å²) >= 11 is 1.71. The molecule has 0 unspecified atom stereocenters. The Morgan fingerprint density at radius 2 is 2.13 bits per heavy atom. The Labute approximate surface area is 93.8 Å². The molecule has 1 aromatic heterocycles. The Hall–Kier alpha value is -1.41. The molecule has 0 saturated carbocycles. The average Bonchev–Trinajstić information content (AvgIpc) is 2.67. The van der Waals surface area contributed by atoms with Crippen LogP contribution in [0.3, 0.4) is 0 Å². The van der Waals surface area contributed by atoms with Gasteiger partial charge >= 0.3 is 0 Å². The molecular formula is C13H12NS. The van der Waals surface area contributed by atoms with Crippen molar-refractivity contribution in [1.82, 2.24) is 4.98 Å². The van der Waals surface area contributed by atoms with Gasteiger partial charge in [-0.3, -0.25) is 0 Å². The fourth-order valence-electron chi connectivity index (χ4n) is 1.27. The van der Waals surface area contributed by atoms with Gasteiger partial charge in [-0.2, -0.15) is 0 Å². The number of hydrogen-bond acceptors (Lipinski definition) is 2. The zero-order chi connectivity index (χ0) is 10.5. The van der Waals surface area contributed by atoms with E-state index >= 15 is 0 Å². The van der Waals surface area contributed by atoms with Crippen LogP contribution < -0.4 is 0 Å².